The van der Waals surface area contributed by atoms with Gasteiger partial charge in [-0.15, -0.1) is 0 Å². The Hall–Kier alpha value is -1.89. The van der Waals surface area contributed by atoms with Gasteiger partial charge in [0.25, 0.3) is 5.91 Å². The van der Waals surface area contributed by atoms with Gasteiger partial charge < -0.3 is 10.1 Å². The topological polar surface area (TPSA) is 84.8 Å². The minimum absolute atomic E-state index is 0.162. The highest BCUT2D eigenvalue weighted by atomic mass is 32.2. The second-order valence-electron chi connectivity index (χ2n) is 7.06. The summed E-state index contributed by atoms with van der Waals surface area (Å²) < 4.78 is 21.3. The van der Waals surface area contributed by atoms with Gasteiger partial charge in [0.15, 0.2) is 0 Å². The van der Waals surface area contributed by atoms with Gasteiger partial charge >= 0.3 is 6.09 Å². The number of carbonyl (C=O) groups is 2. The van der Waals surface area contributed by atoms with E-state index >= 15 is 0 Å². The summed E-state index contributed by atoms with van der Waals surface area (Å²) in [6.45, 7) is 10.9. The molecule has 25 heavy (non-hydrogen) atoms. The Morgan fingerprint density at radius 1 is 1.24 bits per heavy atom. The van der Waals surface area contributed by atoms with Crippen LogP contribution in [0.25, 0.3) is 0 Å². The monoisotopic (exact) mass is 368 g/mol. The molecule has 0 saturated carbocycles. The number of amides is 2. The van der Waals surface area contributed by atoms with Gasteiger partial charge in [-0.3, -0.25) is 4.79 Å². The quantitative estimate of drug-likeness (QED) is 0.779. The molecule has 0 radical (unpaired) electrons. The van der Waals surface area contributed by atoms with Crippen LogP contribution in [0.15, 0.2) is 33.5 Å². The first-order valence-electron chi connectivity index (χ1n) is 8.32. The van der Waals surface area contributed by atoms with E-state index in [-0.39, 0.29) is 5.92 Å². The molecule has 1 N–H and O–H groups in total. The molecule has 0 fully saturated rings. The highest BCUT2D eigenvalue weighted by Gasteiger charge is 2.28. The molecule has 0 aliphatic rings. The van der Waals surface area contributed by atoms with Crippen molar-refractivity contribution in [2.24, 2.45) is 10.3 Å². The molecular formula is C18H28N2O4S. The van der Waals surface area contributed by atoms with Gasteiger partial charge in [0, 0.05) is 4.90 Å². The molecule has 1 rings (SSSR count). The zero-order chi connectivity index (χ0) is 19.2. The second-order valence-corrected chi connectivity index (χ2v) is 8.32. The fraction of sp³-hybridized carbons (Fsp3) is 0.556. The molecule has 0 saturated heterocycles. The van der Waals surface area contributed by atoms with Crippen LogP contribution < -0.4 is 5.32 Å². The van der Waals surface area contributed by atoms with Crippen LogP contribution in [-0.4, -0.2) is 27.9 Å². The van der Waals surface area contributed by atoms with E-state index in [0.717, 1.165) is 5.56 Å². The fourth-order valence-corrected chi connectivity index (χ4v) is 2.82. The highest BCUT2D eigenvalue weighted by molar-refractivity contribution is 7.75. The third kappa shape index (κ3) is 7.25. The summed E-state index contributed by atoms with van der Waals surface area (Å²) in [6, 6.07) is 6.13. The largest absolute Gasteiger partial charge is 0.444 e. The number of alkyl carbamates (subject to hydrolysis) is 1. The van der Waals surface area contributed by atoms with Crippen molar-refractivity contribution in [3.05, 3.63) is 29.8 Å². The number of hydrogen-bond acceptors (Lipinski definition) is 4. The van der Waals surface area contributed by atoms with E-state index < -0.39 is 34.2 Å². The summed E-state index contributed by atoms with van der Waals surface area (Å²) in [6.07, 6.45) is -0.0323. The van der Waals surface area contributed by atoms with Crippen molar-refractivity contribution < 1.29 is 18.5 Å². The van der Waals surface area contributed by atoms with Crippen LogP contribution in [0.2, 0.25) is 0 Å². The molecule has 6 nitrogen and oxygen atoms in total. The van der Waals surface area contributed by atoms with Gasteiger partial charge in [-0.2, -0.15) is 4.36 Å². The summed E-state index contributed by atoms with van der Waals surface area (Å²) in [5.74, 6) is -0.771. The molecule has 0 spiro atoms. The lowest BCUT2D eigenvalue weighted by molar-refractivity contribution is -0.120. The minimum Gasteiger partial charge on any atom is -0.444 e. The van der Waals surface area contributed by atoms with E-state index in [2.05, 4.69) is 9.68 Å². The lowest BCUT2D eigenvalue weighted by Gasteiger charge is -2.24. The van der Waals surface area contributed by atoms with Crippen LogP contribution in [0.1, 0.15) is 46.6 Å². The third-order valence-electron chi connectivity index (χ3n) is 3.60. The summed E-state index contributed by atoms with van der Waals surface area (Å²) in [5, 5.41) is 2.56. The zero-order valence-electron chi connectivity index (χ0n) is 15.7. The van der Waals surface area contributed by atoms with E-state index in [1.54, 1.807) is 32.9 Å². The van der Waals surface area contributed by atoms with Crippen LogP contribution in [0.5, 0.6) is 0 Å². The van der Waals surface area contributed by atoms with Gasteiger partial charge in [-0.05, 0) is 45.7 Å². The maximum Gasteiger partial charge on any atom is 0.408 e. The second kappa shape index (κ2) is 8.99. The van der Waals surface area contributed by atoms with Crippen molar-refractivity contribution in [2.45, 2.75) is 64.5 Å². The molecule has 1 unspecified atom stereocenters. The Morgan fingerprint density at radius 3 is 2.28 bits per heavy atom. The van der Waals surface area contributed by atoms with Crippen LogP contribution >= 0.6 is 0 Å². The SMILES string of the molecule is CC[C@H](C)[C@H](NC(=O)OC(C)(C)C)C(=O)/N=[SH](=O)/c1ccc(C)cc1. The highest BCUT2D eigenvalue weighted by Crippen LogP contribution is 2.13. The predicted octanol–water partition coefficient (Wildman–Crippen LogP) is 3.48. The molecule has 0 aliphatic carbocycles. The van der Waals surface area contributed by atoms with Crippen molar-refractivity contribution in [1.29, 1.82) is 0 Å². The molecule has 0 aromatic heterocycles. The van der Waals surface area contributed by atoms with Gasteiger partial charge in [-0.1, -0.05) is 38.0 Å². The number of rotatable bonds is 5. The van der Waals surface area contributed by atoms with Crippen molar-refractivity contribution in [2.75, 3.05) is 0 Å². The Labute approximate surface area is 151 Å². The lowest BCUT2D eigenvalue weighted by Crippen LogP contribution is -2.46. The molecule has 7 heteroatoms. The Bertz CT molecular complexity index is 686. The molecule has 1 aromatic rings. The van der Waals surface area contributed by atoms with Crippen molar-refractivity contribution in [1.82, 2.24) is 5.32 Å². The van der Waals surface area contributed by atoms with Crippen molar-refractivity contribution >= 4 is 22.6 Å². The van der Waals surface area contributed by atoms with E-state index in [1.807, 2.05) is 32.9 Å². The Kier molecular flexibility index (Phi) is 7.60. The minimum atomic E-state index is -2.21. The van der Waals surface area contributed by atoms with Crippen LogP contribution in [0.4, 0.5) is 4.79 Å². The molecule has 3 atom stereocenters. The molecule has 0 aliphatic heterocycles. The van der Waals surface area contributed by atoms with E-state index in [1.165, 1.54) is 0 Å². The molecule has 140 valence electrons. The Morgan fingerprint density at radius 2 is 1.80 bits per heavy atom. The number of aryl methyl sites for hydroxylation is 1. The van der Waals surface area contributed by atoms with E-state index in [0.29, 0.717) is 11.3 Å². The van der Waals surface area contributed by atoms with Crippen molar-refractivity contribution in [3.63, 3.8) is 0 Å². The molecule has 0 heterocycles. The molecule has 1 aromatic carbocycles. The normalized spacial score (nSPS) is 15.3. The molecule has 0 bridgehead atoms. The van der Waals surface area contributed by atoms with Gasteiger partial charge in [-0.25, -0.2) is 9.00 Å². The first-order chi connectivity index (χ1) is 11.5. The average Bonchev–Trinajstić information content (AvgIpc) is 2.50. The van der Waals surface area contributed by atoms with Gasteiger partial charge in [0.05, 0.1) is 10.6 Å². The maximum absolute atomic E-state index is 12.5. The summed E-state index contributed by atoms with van der Waals surface area (Å²) in [4.78, 5) is 24.9. The number of ether oxygens (including phenoxy) is 1. The maximum atomic E-state index is 12.5. The zero-order valence-corrected chi connectivity index (χ0v) is 16.6. The Balaban J connectivity index is 2.96. The number of hydrogen-bond donors (Lipinski definition) is 2. The first kappa shape index (κ1) is 21.2. The van der Waals surface area contributed by atoms with E-state index in [4.69, 9.17) is 4.74 Å². The smallest absolute Gasteiger partial charge is 0.408 e. The van der Waals surface area contributed by atoms with Crippen LogP contribution in [0, 0.1) is 12.8 Å². The lowest BCUT2D eigenvalue weighted by atomic mass is 9.99. The molecule has 2 amide bonds. The van der Waals surface area contributed by atoms with Gasteiger partial charge in [0.1, 0.15) is 11.6 Å². The standard InChI is InChI=1S/C18H28N2O4S/c1-7-13(3)15(19-17(22)24-18(4,5)6)16(21)20-25(23)14-10-8-12(2)9-11-14/h8-11,13,15,25H,7H2,1-6H3,(H,19,22)/t13-,15-/m0/s1. The van der Waals surface area contributed by atoms with Crippen LogP contribution in [-0.2, 0) is 20.1 Å². The number of nitrogens with one attached hydrogen (secondary N) is 1. The summed E-state index contributed by atoms with van der Waals surface area (Å²) in [5.41, 5.74) is 0.361. The number of benzene rings is 1. The fourth-order valence-electron chi connectivity index (χ4n) is 2.00. The van der Waals surface area contributed by atoms with Gasteiger partial charge in [0.2, 0.25) is 0 Å². The predicted molar refractivity (Wildman–Crippen MR) is 99.0 cm³/mol. The van der Waals surface area contributed by atoms with Crippen molar-refractivity contribution in [3.8, 4) is 0 Å². The third-order valence-corrected chi connectivity index (χ3v) is 4.71. The summed E-state index contributed by atoms with van der Waals surface area (Å²) in [7, 11) is -2.21. The summed E-state index contributed by atoms with van der Waals surface area (Å²) >= 11 is 0. The number of carbonyl (C=O) groups excluding carboxylic acids is 2. The van der Waals surface area contributed by atoms with Crippen LogP contribution in [0.3, 0.4) is 0 Å². The van der Waals surface area contributed by atoms with E-state index in [9.17, 15) is 13.8 Å². The number of thiol groups is 1. The first-order valence-corrected chi connectivity index (χ1v) is 9.53. The molecular weight excluding hydrogens is 340 g/mol. The average molecular weight is 368 g/mol. The number of nitrogens with zero attached hydrogens (tertiary/aromatic N) is 1.